The first-order valence-electron chi connectivity index (χ1n) is 6.34. The van der Waals surface area contributed by atoms with Gasteiger partial charge in [-0.1, -0.05) is 12.1 Å². The van der Waals surface area contributed by atoms with E-state index in [0.29, 0.717) is 6.54 Å². The predicted octanol–water partition coefficient (Wildman–Crippen LogP) is 2.51. The molecule has 2 aromatic rings. The van der Waals surface area contributed by atoms with E-state index in [4.69, 9.17) is 5.73 Å². The van der Waals surface area contributed by atoms with Gasteiger partial charge in [0, 0.05) is 19.0 Å². The van der Waals surface area contributed by atoms with Crippen LogP contribution in [0.5, 0.6) is 0 Å². The zero-order chi connectivity index (χ0) is 13.3. The number of hydrogen-bond donors (Lipinski definition) is 1. The van der Waals surface area contributed by atoms with Gasteiger partial charge in [-0.3, -0.25) is 0 Å². The molecule has 1 aromatic heterocycles. The average molecular weight is 243 g/mol. The third-order valence-corrected chi connectivity index (χ3v) is 3.51. The van der Waals surface area contributed by atoms with E-state index in [2.05, 4.69) is 55.6 Å². The Hall–Kier alpha value is -1.61. The van der Waals surface area contributed by atoms with Crippen LogP contribution in [0.3, 0.4) is 0 Å². The van der Waals surface area contributed by atoms with Crippen LogP contribution in [0.2, 0.25) is 0 Å². The van der Waals surface area contributed by atoms with E-state index >= 15 is 0 Å². The first-order chi connectivity index (χ1) is 8.54. The normalized spacial score (nSPS) is 10.9. The Kier molecular flexibility index (Phi) is 3.53. The minimum Gasteiger partial charge on any atom is -0.331 e. The first-order valence-corrected chi connectivity index (χ1v) is 6.34. The maximum Gasteiger partial charge on any atom is 0.110 e. The summed E-state index contributed by atoms with van der Waals surface area (Å²) in [5.41, 5.74) is 11.8. The summed E-state index contributed by atoms with van der Waals surface area (Å²) in [5, 5.41) is 0. The van der Waals surface area contributed by atoms with E-state index in [-0.39, 0.29) is 0 Å². The molecule has 0 amide bonds. The molecule has 0 radical (unpaired) electrons. The number of rotatable bonds is 3. The van der Waals surface area contributed by atoms with Crippen LogP contribution in [-0.2, 0) is 13.5 Å². The van der Waals surface area contributed by atoms with Crippen molar-refractivity contribution in [3.05, 3.63) is 40.8 Å². The molecule has 3 nitrogen and oxygen atoms in total. The zero-order valence-electron chi connectivity index (χ0n) is 11.6. The molecule has 0 unspecified atom stereocenters. The van der Waals surface area contributed by atoms with Crippen molar-refractivity contribution >= 4 is 0 Å². The molecule has 2 N–H and O–H groups in total. The Bertz CT molecular complexity index is 567. The lowest BCUT2D eigenvalue weighted by Gasteiger charge is -2.08. The highest BCUT2D eigenvalue weighted by Crippen LogP contribution is 2.26. The molecule has 0 saturated heterocycles. The van der Waals surface area contributed by atoms with Gasteiger partial charge >= 0.3 is 0 Å². The summed E-state index contributed by atoms with van der Waals surface area (Å²) in [5.74, 6) is 1.06. The van der Waals surface area contributed by atoms with Crippen LogP contribution in [0.4, 0.5) is 0 Å². The van der Waals surface area contributed by atoms with Crippen molar-refractivity contribution in [3.63, 3.8) is 0 Å². The fourth-order valence-corrected chi connectivity index (χ4v) is 2.34. The highest BCUT2D eigenvalue weighted by molar-refractivity contribution is 5.64. The average Bonchev–Trinajstić information content (AvgIpc) is 2.59. The maximum atomic E-state index is 5.62. The number of nitrogens with two attached hydrogens (primary N) is 1. The van der Waals surface area contributed by atoms with Crippen molar-refractivity contribution < 1.29 is 0 Å². The largest absolute Gasteiger partial charge is 0.331 e. The molecule has 1 heterocycles. The molecule has 2 rings (SSSR count). The van der Waals surface area contributed by atoms with Gasteiger partial charge in [-0.2, -0.15) is 0 Å². The van der Waals surface area contributed by atoms with Crippen molar-refractivity contribution in [2.75, 3.05) is 6.54 Å². The van der Waals surface area contributed by atoms with Gasteiger partial charge in [-0.05, 0) is 44.5 Å². The SMILES string of the molecule is Cc1ccc(-c2c(C)nc(CCN)n2C)cc1C. The number of aromatic nitrogens is 2. The molecule has 0 atom stereocenters. The van der Waals surface area contributed by atoms with Crippen LogP contribution >= 0.6 is 0 Å². The highest BCUT2D eigenvalue weighted by Gasteiger charge is 2.13. The van der Waals surface area contributed by atoms with Crippen molar-refractivity contribution in [2.45, 2.75) is 27.2 Å². The Labute approximate surface area is 109 Å². The standard InChI is InChI=1S/C15H21N3/c1-10-5-6-13(9-11(10)2)15-12(3)17-14(7-8-16)18(15)4/h5-6,9H,7-8,16H2,1-4H3. The lowest BCUT2D eigenvalue weighted by molar-refractivity contribution is 0.781. The fraction of sp³-hybridized carbons (Fsp3) is 0.400. The number of hydrogen-bond acceptors (Lipinski definition) is 2. The molecule has 0 fully saturated rings. The molecular weight excluding hydrogens is 222 g/mol. The Morgan fingerprint density at radius 2 is 1.89 bits per heavy atom. The summed E-state index contributed by atoms with van der Waals surface area (Å²) in [6.45, 7) is 6.97. The van der Waals surface area contributed by atoms with Gasteiger partial charge in [-0.15, -0.1) is 0 Å². The van der Waals surface area contributed by atoms with Gasteiger partial charge < -0.3 is 10.3 Å². The molecular formula is C15H21N3. The van der Waals surface area contributed by atoms with Crippen LogP contribution in [0.25, 0.3) is 11.3 Å². The van der Waals surface area contributed by atoms with Crippen LogP contribution in [0.1, 0.15) is 22.6 Å². The summed E-state index contributed by atoms with van der Waals surface area (Å²) in [6.07, 6.45) is 0.822. The van der Waals surface area contributed by atoms with E-state index in [1.54, 1.807) is 0 Å². The van der Waals surface area contributed by atoms with Crippen molar-refractivity contribution in [1.82, 2.24) is 9.55 Å². The number of aryl methyl sites for hydroxylation is 3. The zero-order valence-corrected chi connectivity index (χ0v) is 11.6. The van der Waals surface area contributed by atoms with Crippen LogP contribution in [0, 0.1) is 20.8 Å². The van der Waals surface area contributed by atoms with Gasteiger partial charge in [0.2, 0.25) is 0 Å². The minimum absolute atomic E-state index is 0.636. The third kappa shape index (κ3) is 2.18. The predicted molar refractivity (Wildman–Crippen MR) is 75.6 cm³/mol. The fourth-order valence-electron chi connectivity index (χ4n) is 2.34. The summed E-state index contributed by atoms with van der Waals surface area (Å²) in [4.78, 5) is 4.61. The van der Waals surface area contributed by atoms with Gasteiger partial charge in [0.05, 0.1) is 11.4 Å². The van der Waals surface area contributed by atoms with E-state index in [1.807, 2.05) is 0 Å². The molecule has 3 heteroatoms. The molecule has 0 aliphatic heterocycles. The minimum atomic E-state index is 0.636. The summed E-state index contributed by atoms with van der Waals surface area (Å²) >= 11 is 0. The second-order valence-electron chi connectivity index (χ2n) is 4.86. The van der Waals surface area contributed by atoms with Crippen LogP contribution in [0.15, 0.2) is 18.2 Å². The van der Waals surface area contributed by atoms with Gasteiger partial charge in [0.1, 0.15) is 5.82 Å². The topological polar surface area (TPSA) is 43.8 Å². The molecule has 0 saturated carbocycles. The number of benzene rings is 1. The molecule has 0 aliphatic carbocycles. The van der Waals surface area contributed by atoms with E-state index in [9.17, 15) is 0 Å². The van der Waals surface area contributed by atoms with Crippen molar-refractivity contribution in [3.8, 4) is 11.3 Å². The lowest BCUT2D eigenvalue weighted by Crippen LogP contribution is -2.08. The van der Waals surface area contributed by atoms with Crippen LogP contribution < -0.4 is 5.73 Å². The number of imidazole rings is 1. The monoisotopic (exact) mass is 243 g/mol. The van der Waals surface area contributed by atoms with E-state index < -0.39 is 0 Å². The van der Waals surface area contributed by atoms with E-state index in [0.717, 1.165) is 17.9 Å². The molecule has 96 valence electrons. The maximum absolute atomic E-state index is 5.62. The summed E-state index contributed by atoms with van der Waals surface area (Å²) < 4.78 is 2.16. The van der Waals surface area contributed by atoms with Crippen LogP contribution in [-0.4, -0.2) is 16.1 Å². The number of nitrogens with zero attached hydrogens (tertiary/aromatic N) is 2. The summed E-state index contributed by atoms with van der Waals surface area (Å²) in [7, 11) is 2.06. The van der Waals surface area contributed by atoms with Crippen molar-refractivity contribution in [1.29, 1.82) is 0 Å². The Balaban J connectivity index is 2.53. The second kappa shape index (κ2) is 4.94. The molecule has 1 aromatic carbocycles. The van der Waals surface area contributed by atoms with Gasteiger partial charge in [0.15, 0.2) is 0 Å². The Morgan fingerprint density at radius 1 is 1.17 bits per heavy atom. The molecule has 0 aliphatic rings. The molecule has 18 heavy (non-hydrogen) atoms. The molecule has 0 spiro atoms. The lowest BCUT2D eigenvalue weighted by atomic mass is 10.0. The highest BCUT2D eigenvalue weighted by atomic mass is 15.1. The summed E-state index contributed by atoms with van der Waals surface area (Å²) in [6, 6.07) is 6.56. The van der Waals surface area contributed by atoms with Gasteiger partial charge in [-0.25, -0.2) is 4.98 Å². The Morgan fingerprint density at radius 3 is 2.50 bits per heavy atom. The smallest absolute Gasteiger partial charge is 0.110 e. The van der Waals surface area contributed by atoms with Gasteiger partial charge in [0.25, 0.3) is 0 Å². The third-order valence-electron chi connectivity index (χ3n) is 3.51. The molecule has 0 bridgehead atoms. The quantitative estimate of drug-likeness (QED) is 0.900. The second-order valence-corrected chi connectivity index (χ2v) is 4.86. The first kappa shape index (κ1) is 12.8. The van der Waals surface area contributed by atoms with Crippen molar-refractivity contribution in [2.24, 2.45) is 12.8 Å². The van der Waals surface area contributed by atoms with E-state index in [1.165, 1.54) is 22.4 Å².